The molecule has 0 radical (unpaired) electrons. The molecule has 1 aromatic heterocycles. The number of nitrogens with two attached hydrogens (primary N) is 4. The van der Waals surface area contributed by atoms with Crippen LogP contribution in [0.5, 0.6) is 0 Å². The van der Waals surface area contributed by atoms with E-state index < -0.39 is 53.8 Å². The Bertz CT molecular complexity index is 1260. The van der Waals surface area contributed by atoms with Crippen LogP contribution in [0.4, 0.5) is 0 Å². The SMILES string of the molecule is NC(=O)CCC(N)C(=O)NC(Cc1c[nH]c2ccccc12)C(=O)NC(CCCN=C(N)N)C(=O)NC(CS)C(=O)O. The largest absolute Gasteiger partial charge is 0.480 e. The van der Waals surface area contributed by atoms with Crippen molar-refractivity contribution in [3.05, 3.63) is 36.0 Å². The summed E-state index contributed by atoms with van der Waals surface area (Å²) in [5.41, 5.74) is 23.3. The summed E-state index contributed by atoms with van der Waals surface area (Å²) in [6, 6.07) is 2.57. The molecular weight excluding hydrogens is 554 g/mol. The van der Waals surface area contributed by atoms with E-state index in [9.17, 15) is 29.1 Å². The Hall–Kier alpha value is -4.31. The number of thiol groups is 1. The highest BCUT2D eigenvalue weighted by atomic mass is 32.1. The van der Waals surface area contributed by atoms with Crippen molar-refractivity contribution in [3.8, 4) is 0 Å². The highest BCUT2D eigenvalue weighted by Crippen LogP contribution is 2.19. The molecule has 0 aliphatic carbocycles. The second kappa shape index (κ2) is 16.1. The molecule has 16 heteroatoms. The molecule has 224 valence electrons. The number of aromatic nitrogens is 1. The standard InChI is InChI=1S/C25H37N9O6S/c26-15(7-8-20(27)35)21(36)33-18(10-13-11-31-16-5-2-1-4-14(13)16)23(38)32-17(6-3-9-30-25(28)29)22(37)34-19(12-41)24(39)40/h1-2,4-5,11,15,17-19,31,41H,3,6-10,12,26H2,(H2,27,35)(H,32,38)(H,33,36)(H,34,37)(H,39,40)(H4,28,29,30). The summed E-state index contributed by atoms with van der Waals surface area (Å²) in [5, 5.41) is 17.7. The van der Waals surface area contributed by atoms with E-state index in [1.54, 1.807) is 6.20 Å². The summed E-state index contributed by atoms with van der Waals surface area (Å²) in [6.07, 6.45) is 1.90. The minimum Gasteiger partial charge on any atom is -0.480 e. The van der Waals surface area contributed by atoms with Gasteiger partial charge in [0.05, 0.1) is 6.04 Å². The minimum atomic E-state index is -1.30. The molecule has 0 saturated heterocycles. The lowest BCUT2D eigenvalue weighted by molar-refractivity contribution is -0.141. The zero-order valence-electron chi connectivity index (χ0n) is 22.3. The lowest BCUT2D eigenvalue weighted by Gasteiger charge is -2.25. The van der Waals surface area contributed by atoms with E-state index in [0.29, 0.717) is 5.56 Å². The molecule has 0 aliphatic heterocycles. The Kier molecular flexibility index (Phi) is 12.9. The van der Waals surface area contributed by atoms with E-state index in [1.807, 2.05) is 24.3 Å². The number of primary amides is 1. The van der Waals surface area contributed by atoms with E-state index in [1.165, 1.54) is 0 Å². The molecule has 0 saturated carbocycles. The van der Waals surface area contributed by atoms with Crippen molar-refractivity contribution in [2.75, 3.05) is 12.3 Å². The number of hydrogen-bond donors (Lipinski definition) is 10. The predicted octanol–water partition coefficient (Wildman–Crippen LogP) is -2.17. The number of hydrogen-bond acceptors (Lipinski definition) is 8. The lowest BCUT2D eigenvalue weighted by Crippen LogP contribution is -2.57. The third kappa shape index (κ3) is 10.6. The fraction of sp³-hybridized carbons (Fsp3) is 0.440. The molecule has 4 amide bonds. The van der Waals surface area contributed by atoms with E-state index >= 15 is 0 Å². The van der Waals surface area contributed by atoms with Crippen LogP contribution in [-0.2, 0) is 30.4 Å². The minimum absolute atomic E-state index is 0.0286. The van der Waals surface area contributed by atoms with Gasteiger partial charge in [-0.1, -0.05) is 18.2 Å². The number of carboxylic acid groups (broad SMARTS) is 1. The van der Waals surface area contributed by atoms with Crippen molar-refractivity contribution in [2.45, 2.75) is 56.3 Å². The Morgan fingerprint density at radius 1 is 0.927 bits per heavy atom. The summed E-state index contributed by atoms with van der Waals surface area (Å²) in [5.74, 6) is -4.43. The average Bonchev–Trinajstić information content (AvgIpc) is 3.33. The number of aromatic amines is 1. The first-order chi connectivity index (χ1) is 19.4. The van der Waals surface area contributed by atoms with Gasteiger partial charge in [-0.15, -0.1) is 0 Å². The molecule has 1 aromatic carbocycles. The Balaban J connectivity index is 2.30. The lowest BCUT2D eigenvalue weighted by atomic mass is 10.0. The number of nitrogens with zero attached hydrogens (tertiary/aromatic N) is 1. The van der Waals surface area contributed by atoms with Crippen molar-refractivity contribution >= 4 is 59.1 Å². The number of carbonyl (C=O) groups excluding carboxylic acids is 4. The van der Waals surface area contributed by atoms with Gasteiger partial charge in [-0.25, -0.2) is 4.79 Å². The summed E-state index contributed by atoms with van der Waals surface area (Å²) in [4.78, 5) is 68.9. The topological polar surface area (TPSA) is 274 Å². The molecule has 13 N–H and O–H groups in total. The predicted molar refractivity (Wildman–Crippen MR) is 156 cm³/mol. The maximum absolute atomic E-state index is 13.5. The van der Waals surface area contributed by atoms with E-state index in [0.717, 1.165) is 10.9 Å². The highest BCUT2D eigenvalue weighted by Gasteiger charge is 2.30. The van der Waals surface area contributed by atoms with Crippen molar-refractivity contribution in [2.24, 2.45) is 27.9 Å². The van der Waals surface area contributed by atoms with Crippen molar-refractivity contribution < 1.29 is 29.1 Å². The first-order valence-corrected chi connectivity index (χ1v) is 13.4. The van der Waals surface area contributed by atoms with Crippen LogP contribution in [0.3, 0.4) is 0 Å². The number of benzene rings is 1. The van der Waals surface area contributed by atoms with Crippen molar-refractivity contribution in [3.63, 3.8) is 0 Å². The fourth-order valence-corrected chi connectivity index (χ4v) is 4.19. The second-order valence-corrected chi connectivity index (χ2v) is 9.69. The third-order valence-electron chi connectivity index (χ3n) is 6.15. The number of carboxylic acids is 1. The van der Waals surface area contributed by atoms with Crippen LogP contribution >= 0.6 is 12.6 Å². The van der Waals surface area contributed by atoms with E-state index in [4.69, 9.17) is 22.9 Å². The van der Waals surface area contributed by atoms with E-state index in [2.05, 4.69) is 38.6 Å². The zero-order chi connectivity index (χ0) is 30.5. The third-order valence-corrected chi connectivity index (χ3v) is 6.51. The number of amides is 4. The summed E-state index contributed by atoms with van der Waals surface area (Å²) < 4.78 is 0. The normalized spacial score (nSPS) is 13.8. The summed E-state index contributed by atoms with van der Waals surface area (Å²) in [7, 11) is 0. The van der Waals surface area contributed by atoms with Gasteiger partial charge in [0.15, 0.2) is 5.96 Å². The van der Waals surface area contributed by atoms with Crippen LogP contribution in [0.15, 0.2) is 35.5 Å². The number of nitrogens with one attached hydrogen (secondary N) is 4. The van der Waals surface area contributed by atoms with Crippen LogP contribution in [0.25, 0.3) is 10.9 Å². The number of guanidine groups is 1. The fourth-order valence-electron chi connectivity index (χ4n) is 3.94. The van der Waals surface area contributed by atoms with Crippen LogP contribution in [-0.4, -0.2) is 82.1 Å². The van der Waals surface area contributed by atoms with Crippen LogP contribution < -0.4 is 38.9 Å². The monoisotopic (exact) mass is 591 g/mol. The van der Waals surface area contributed by atoms with Gasteiger partial charge in [0.1, 0.15) is 18.1 Å². The number of rotatable bonds is 17. The molecule has 4 unspecified atom stereocenters. The van der Waals surface area contributed by atoms with Gasteiger partial charge >= 0.3 is 5.97 Å². The maximum atomic E-state index is 13.5. The summed E-state index contributed by atoms with van der Waals surface area (Å²) in [6.45, 7) is 0.154. The molecule has 2 aromatic rings. The van der Waals surface area contributed by atoms with Gasteiger partial charge in [0.25, 0.3) is 0 Å². The number of para-hydroxylation sites is 1. The van der Waals surface area contributed by atoms with Gasteiger partial charge in [-0.2, -0.15) is 12.6 Å². The van der Waals surface area contributed by atoms with Crippen molar-refractivity contribution in [1.29, 1.82) is 0 Å². The van der Waals surface area contributed by atoms with Gasteiger partial charge in [0, 0.05) is 42.2 Å². The number of fused-ring (bicyclic) bond motifs is 1. The molecule has 0 aliphatic rings. The molecule has 1 heterocycles. The van der Waals surface area contributed by atoms with Gasteiger partial charge in [-0.05, 0) is 30.9 Å². The second-order valence-electron chi connectivity index (χ2n) is 9.33. The van der Waals surface area contributed by atoms with Gasteiger partial charge < -0.3 is 49.0 Å². The molecule has 2 rings (SSSR count). The smallest absolute Gasteiger partial charge is 0.327 e. The van der Waals surface area contributed by atoms with Crippen LogP contribution in [0.2, 0.25) is 0 Å². The van der Waals surface area contributed by atoms with Crippen molar-refractivity contribution in [1.82, 2.24) is 20.9 Å². The molecule has 0 bridgehead atoms. The molecular formula is C25H37N9O6S. The van der Waals surface area contributed by atoms with Crippen LogP contribution in [0.1, 0.15) is 31.2 Å². The molecule has 4 atom stereocenters. The number of aliphatic carboxylic acids is 1. The maximum Gasteiger partial charge on any atom is 0.327 e. The Morgan fingerprint density at radius 3 is 2.20 bits per heavy atom. The van der Waals surface area contributed by atoms with E-state index in [-0.39, 0.29) is 50.4 Å². The molecule has 15 nitrogen and oxygen atoms in total. The Labute approximate surface area is 241 Å². The molecule has 0 spiro atoms. The first-order valence-electron chi connectivity index (χ1n) is 12.8. The average molecular weight is 592 g/mol. The molecule has 41 heavy (non-hydrogen) atoms. The number of carbonyl (C=O) groups is 5. The highest BCUT2D eigenvalue weighted by molar-refractivity contribution is 7.80. The van der Waals surface area contributed by atoms with Gasteiger partial charge in [-0.3, -0.25) is 24.2 Å². The van der Waals surface area contributed by atoms with Crippen LogP contribution in [0, 0.1) is 0 Å². The Morgan fingerprint density at radius 2 is 1.56 bits per heavy atom. The number of aliphatic imine (C=N–C) groups is 1. The zero-order valence-corrected chi connectivity index (χ0v) is 23.2. The summed E-state index contributed by atoms with van der Waals surface area (Å²) >= 11 is 3.95. The van der Waals surface area contributed by atoms with Gasteiger partial charge in [0.2, 0.25) is 23.6 Å². The number of H-pyrrole nitrogens is 1. The molecule has 0 fully saturated rings. The first kappa shape index (κ1) is 32.9. The quantitative estimate of drug-likeness (QED) is 0.0414.